The lowest BCUT2D eigenvalue weighted by Gasteiger charge is -2.06. The number of unbranched alkanes of at least 4 members (excludes halogenated alkanes) is 2. The van der Waals surface area contributed by atoms with E-state index in [0.29, 0.717) is 19.1 Å². The highest BCUT2D eigenvalue weighted by atomic mass is 35.8. The Morgan fingerprint density at radius 3 is 2.33 bits per heavy atom. The Labute approximate surface area is 87.2 Å². The van der Waals surface area contributed by atoms with Crippen molar-refractivity contribution < 1.29 is 9.53 Å². The van der Waals surface area contributed by atoms with Crippen molar-refractivity contribution in [3.8, 4) is 0 Å². The summed E-state index contributed by atoms with van der Waals surface area (Å²) in [6, 6.07) is -1.74. The molecule has 0 spiro atoms. The Morgan fingerprint density at radius 1 is 1.17 bits per heavy atom. The van der Waals surface area contributed by atoms with Crippen LogP contribution in [-0.4, -0.2) is 19.1 Å². The summed E-state index contributed by atoms with van der Waals surface area (Å²) in [5, 5.41) is 0. The van der Waals surface area contributed by atoms with Gasteiger partial charge in [-0.05, 0) is 12.5 Å². The fraction of sp³-hybridized carbons (Fsp3) is 0.833. The van der Waals surface area contributed by atoms with Crippen LogP contribution in [0.2, 0.25) is 6.04 Å². The van der Waals surface area contributed by atoms with E-state index in [0.717, 1.165) is 19.3 Å². The van der Waals surface area contributed by atoms with Crippen LogP contribution < -0.4 is 0 Å². The maximum atomic E-state index is 9.72. The normalized spacial score (nSPS) is 11.2. The lowest BCUT2D eigenvalue weighted by molar-refractivity contribution is -0.128. The van der Waals surface area contributed by atoms with Gasteiger partial charge in [0, 0.05) is 0 Å². The van der Waals surface area contributed by atoms with E-state index < -0.39 is 6.00 Å². The van der Waals surface area contributed by atoms with E-state index in [-0.39, 0.29) is 0 Å². The summed E-state index contributed by atoms with van der Waals surface area (Å²) in [6.45, 7) is 0.911. The first-order chi connectivity index (χ1) is 5.56. The van der Waals surface area contributed by atoms with E-state index in [1.807, 2.05) is 0 Å². The summed E-state index contributed by atoms with van der Waals surface area (Å²) in [4.78, 5) is 9.72. The molecular weight excluding hydrogens is 239 g/mol. The Bertz CT molecular complexity index is 126. The van der Waals surface area contributed by atoms with Crippen LogP contribution in [0.3, 0.4) is 0 Å². The van der Waals surface area contributed by atoms with Crippen molar-refractivity contribution in [2.24, 2.45) is 0 Å². The van der Waals surface area contributed by atoms with Crippen LogP contribution in [0.5, 0.6) is 0 Å². The van der Waals surface area contributed by atoms with Gasteiger partial charge in [-0.3, -0.25) is 4.79 Å². The van der Waals surface area contributed by atoms with Gasteiger partial charge < -0.3 is 4.74 Å². The van der Waals surface area contributed by atoms with Gasteiger partial charge >= 0.3 is 6.00 Å². The van der Waals surface area contributed by atoms with Crippen molar-refractivity contribution in [3.63, 3.8) is 0 Å². The zero-order chi connectivity index (χ0) is 9.45. The standard InChI is InChI=1S/C6H11Cl3O2Si/c7-12(8,9)5-3-1-2-4-11-6-10/h6H,1-5H2. The number of hydrogen-bond donors (Lipinski definition) is 0. The van der Waals surface area contributed by atoms with Gasteiger partial charge in [-0.1, -0.05) is 12.8 Å². The SMILES string of the molecule is O=COCCCCC[Si](Cl)(Cl)Cl. The Balaban J connectivity index is 3.06. The van der Waals surface area contributed by atoms with Crippen molar-refractivity contribution in [2.45, 2.75) is 25.3 Å². The summed E-state index contributed by atoms with van der Waals surface area (Å²) in [6.07, 6.45) is 2.67. The highest BCUT2D eigenvalue weighted by Gasteiger charge is 2.23. The molecular formula is C6H11Cl3O2Si. The summed E-state index contributed by atoms with van der Waals surface area (Å²) >= 11 is 17.0. The maximum Gasteiger partial charge on any atom is 0.341 e. The molecule has 0 saturated heterocycles. The molecule has 72 valence electrons. The van der Waals surface area contributed by atoms with Gasteiger partial charge in [0.1, 0.15) is 0 Å². The van der Waals surface area contributed by atoms with Crippen molar-refractivity contribution in [3.05, 3.63) is 0 Å². The predicted molar refractivity (Wildman–Crippen MR) is 54.0 cm³/mol. The molecule has 0 aromatic heterocycles. The molecule has 0 N–H and O–H groups in total. The van der Waals surface area contributed by atoms with Gasteiger partial charge in [0.25, 0.3) is 6.47 Å². The minimum Gasteiger partial charge on any atom is -0.468 e. The lowest BCUT2D eigenvalue weighted by atomic mass is 10.3. The minimum absolute atomic E-state index is 0.448. The molecule has 2 nitrogen and oxygen atoms in total. The third kappa shape index (κ3) is 10.6. The first kappa shape index (κ1) is 12.6. The Kier molecular flexibility index (Phi) is 7.33. The molecule has 0 radical (unpaired) electrons. The molecule has 0 aromatic rings. The molecule has 12 heavy (non-hydrogen) atoms. The quantitative estimate of drug-likeness (QED) is 0.300. The van der Waals surface area contributed by atoms with Gasteiger partial charge in [-0.25, -0.2) is 0 Å². The van der Waals surface area contributed by atoms with Gasteiger partial charge in [0.15, 0.2) is 0 Å². The van der Waals surface area contributed by atoms with Crippen molar-refractivity contribution in [1.29, 1.82) is 0 Å². The summed E-state index contributed by atoms with van der Waals surface area (Å²) in [7, 11) is 0. The predicted octanol–water partition coefficient (Wildman–Crippen LogP) is 2.99. The van der Waals surface area contributed by atoms with E-state index in [1.54, 1.807) is 0 Å². The third-order valence-corrected chi connectivity index (χ3v) is 3.91. The molecule has 0 aliphatic carbocycles. The molecule has 0 aliphatic rings. The summed E-state index contributed by atoms with van der Waals surface area (Å²) < 4.78 is 4.50. The number of ether oxygens (including phenoxy) is 1. The fourth-order valence-corrected chi connectivity index (χ4v) is 2.59. The zero-order valence-electron chi connectivity index (χ0n) is 6.56. The maximum absolute atomic E-state index is 9.72. The van der Waals surface area contributed by atoms with E-state index >= 15 is 0 Å². The first-order valence-corrected chi connectivity index (χ1v) is 8.92. The van der Waals surface area contributed by atoms with E-state index in [9.17, 15) is 4.79 Å². The van der Waals surface area contributed by atoms with Crippen LogP contribution >= 0.6 is 33.2 Å². The number of carbonyl (C=O) groups is 1. The molecule has 0 rings (SSSR count). The largest absolute Gasteiger partial charge is 0.468 e. The summed E-state index contributed by atoms with van der Waals surface area (Å²) in [5.74, 6) is 0. The van der Waals surface area contributed by atoms with Crippen molar-refractivity contribution >= 4 is 45.7 Å². The molecule has 0 aliphatic heterocycles. The van der Waals surface area contributed by atoms with Gasteiger partial charge in [-0.15, -0.1) is 33.2 Å². The fourth-order valence-electron chi connectivity index (χ4n) is 0.736. The lowest BCUT2D eigenvalue weighted by Crippen LogP contribution is -2.07. The first-order valence-electron chi connectivity index (χ1n) is 3.68. The Hall–Kier alpha value is 0.557. The van der Waals surface area contributed by atoms with Gasteiger partial charge in [0.05, 0.1) is 6.61 Å². The average molecular weight is 250 g/mol. The third-order valence-electron chi connectivity index (χ3n) is 1.29. The molecule has 0 fully saturated rings. The number of halogens is 3. The van der Waals surface area contributed by atoms with E-state index in [1.165, 1.54) is 0 Å². The second kappa shape index (κ2) is 7.01. The van der Waals surface area contributed by atoms with Crippen LogP contribution in [0.15, 0.2) is 0 Å². The van der Waals surface area contributed by atoms with Crippen LogP contribution in [0.25, 0.3) is 0 Å². The highest BCUT2D eigenvalue weighted by molar-refractivity contribution is 7.64. The minimum atomic E-state index is -2.42. The second-order valence-electron chi connectivity index (χ2n) is 2.39. The molecule has 0 unspecified atom stereocenters. The van der Waals surface area contributed by atoms with Crippen LogP contribution in [0.4, 0.5) is 0 Å². The molecule has 0 saturated carbocycles. The molecule has 0 bridgehead atoms. The van der Waals surface area contributed by atoms with Crippen LogP contribution in [-0.2, 0) is 9.53 Å². The highest BCUT2D eigenvalue weighted by Crippen LogP contribution is 2.27. The monoisotopic (exact) mass is 248 g/mol. The van der Waals surface area contributed by atoms with Gasteiger partial charge in [0.2, 0.25) is 0 Å². The molecule has 0 heterocycles. The van der Waals surface area contributed by atoms with E-state index in [2.05, 4.69) is 4.74 Å². The smallest absolute Gasteiger partial charge is 0.341 e. The van der Waals surface area contributed by atoms with Crippen molar-refractivity contribution in [1.82, 2.24) is 0 Å². The average Bonchev–Trinajstić information content (AvgIpc) is 1.94. The zero-order valence-corrected chi connectivity index (χ0v) is 9.83. The molecule has 6 heteroatoms. The molecule has 0 aromatic carbocycles. The van der Waals surface area contributed by atoms with E-state index in [4.69, 9.17) is 33.2 Å². The number of rotatable bonds is 7. The summed E-state index contributed by atoms with van der Waals surface area (Å²) in [5.41, 5.74) is 0. The van der Waals surface area contributed by atoms with Crippen LogP contribution in [0, 0.1) is 0 Å². The van der Waals surface area contributed by atoms with Crippen LogP contribution in [0.1, 0.15) is 19.3 Å². The Morgan fingerprint density at radius 2 is 1.83 bits per heavy atom. The van der Waals surface area contributed by atoms with Gasteiger partial charge in [-0.2, -0.15) is 0 Å². The second-order valence-corrected chi connectivity index (χ2v) is 11.7. The molecule has 0 amide bonds. The number of carbonyl (C=O) groups excluding carboxylic acids is 1. The topological polar surface area (TPSA) is 26.3 Å². The number of hydrogen-bond acceptors (Lipinski definition) is 2. The molecule has 0 atom stereocenters. The van der Waals surface area contributed by atoms with Crippen molar-refractivity contribution in [2.75, 3.05) is 6.61 Å².